The second-order valence-corrected chi connectivity index (χ2v) is 6.58. The zero-order valence-electron chi connectivity index (χ0n) is 15.4. The van der Waals surface area contributed by atoms with Gasteiger partial charge in [-0.15, -0.1) is 0 Å². The van der Waals surface area contributed by atoms with Crippen LogP contribution in [0.4, 0.5) is 0 Å². The van der Waals surface area contributed by atoms with Gasteiger partial charge >= 0.3 is 0 Å². The summed E-state index contributed by atoms with van der Waals surface area (Å²) >= 11 is 0. The predicted molar refractivity (Wildman–Crippen MR) is 96.8 cm³/mol. The average molecular weight is 339 g/mol. The molecule has 0 bridgehead atoms. The predicted octanol–water partition coefficient (Wildman–Crippen LogP) is 3.46. The Kier molecular flexibility index (Phi) is 4.99. The SMILES string of the molecule is Cc1noc(C)c1C[C@@H](C)N[C@H](C)c1cnn(-c2ccccn2)c1C. The summed E-state index contributed by atoms with van der Waals surface area (Å²) in [5.41, 5.74) is 4.44. The molecule has 0 aliphatic carbocycles. The lowest BCUT2D eigenvalue weighted by Gasteiger charge is -2.20. The molecule has 0 saturated heterocycles. The van der Waals surface area contributed by atoms with Crippen LogP contribution in [0.5, 0.6) is 0 Å². The zero-order chi connectivity index (χ0) is 18.0. The fourth-order valence-electron chi connectivity index (χ4n) is 3.23. The Morgan fingerprint density at radius 3 is 2.64 bits per heavy atom. The van der Waals surface area contributed by atoms with E-state index >= 15 is 0 Å². The molecule has 3 heterocycles. The molecule has 132 valence electrons. The Morgan fingerprint density at radius 2 is 2.00 bits per heavy atom. The van der Waals surface area contributed by atoms with Crippen molar-refractivity contribution in [2.24, 2.45) is 0 Å². The maximum atomic E-state index is 5.26. The largest absolute Gasteiger partial charge is 0.361 e. The number of pyridine rings is 1. The molecule has 0 saturated carbocycles. The molecule has 0 aliphatic heterocycles. The molecule has 3 aromatic rings. The Morgan fingerprint density at radius 1 is 1.20 bits per heavy atom. The minimum atomic E-state index is 0.188. The number of hydrogen-bond donors (Lipinski definition) is 1. The molecule has 0 fully saturated rings. The van der Waals surface area contributed by atoms with E-state index in [1.165, 1.54) is 11.1 Å². The lowest BCUT2D eigenvalue weighted by molar-refractivity contribution is 0.391. The first-order chi connectivity index (χ1) is 12.0. The van der Waals surface area contributed by atoms with Gasteiger partial charge in [0.15, 0.2) is 5.82 Å². The minimum absolute atomic E-state index is 0.188. The van der Waals surface area contributed by atoms with Crippen LogP contribution in [-0.2, 0) is 6.42 Å². The highest BCUT2D eigenvalue weighted by Crippen LogP contribution is 2.21. The molecule has 6 heteroatoms. The third-order valence-electron chi connectivity index (χ3n) is 4.61. The van der Waals surface area contributed by atoms with E-state index in [0.717, 1.165) is 29.4 Å². The fraction of sp³-hybridized carbons (Fsp3) is 0.421. The van der Waals surface area contributed by atoms with Gasteiger partial charge < -0.3 is 9.84 Å². The van der Waals surface area contributed by atoms with Crippen LogP contribution < -0.4 is 5.32 Å². The van der Waals surface area contributed by atoms with E-state index in [4.69, 9.17) is 4.52 Å². The van der Waals surface area contributed by atoms with E-state index in [2.05, 4.69) is 41.3 Å². The Hall–Kier alpha value is -2.47. The van der Waals surface area contributed by atoms with Gasteiger partial charge in [-0.3, -0.25) is 0 Å². The number of hydrogen-bond acceptors (Lipinski definition) is 5. The normalized spacial score (nSPS) is 13.8. The first kappa shape index (κ1) is 17.4. The summed E-state index contributed by atoms with van der Waals surface area (Å²) < 4.78 is 7.14. The topological polar surface area (TPSA) is 68.8 Å². The standard InChI is InChI=1S/C19H25N5O/c1-12(10-17-14(3)23-25-16(17)5)22-13(2)18-11-21-24(15(18)4)19-8-6-7-9-20-19/h6-9,11-13,22H,10H2,1-5H3/t12-,13-/m1/s1. The van der Waals surface area contributed by atoms with Crippen molar-refractivity contribution in [3.63, 3.8) is 0 Å². The lowest BCUT2D eigenvalue weighted by Crippen LogP contribution is -2.31. The summed E-state index contributed by atoms with van der Waals surface area (Å²) in [6.45, 7) is 10.4. The molecule has 3 rings (SSSR count). The van der Waals surface area contributed by atoms with Crippen LogP contribution in [0.2, 0.25) is 0 Å². The van der Waals surface area contributed by atoms with Crippen molar-refractivity contribution >= 4 is 0 Å². The van der Waals surface area contributed by atoms with Crippen molar-refractivity contribution in [1.29, 1.82) is 0 Å². The molecule has 0 aromatic carbocycles. The summed E-state index contributed by atoms with van der Waals surface area (Å²) in [6, 6.07) is 6.32. The maximum Gasteiger partial charge on any atom is 0.153 e. The molecule has 25 heavy (non-hydrogen) atoms. The molecule has 0 amide bonds. The first-order valence-electron chi connectivity index (χ1n) is 8.61. The second-order valence-electron chi connectivity index (χ2n) is 6.58. The van der Waals surface area contributed by atoms with Crippen LogP contribution in [-0.4, -0.2) is 26.0 Å². The van der Waals surface area contributed by atoms with Crippen molar-refractivity contribution in [1.82, 2.24) is 25.2 Å². The van der Waals surface area contributed by atoms with Crippen molar-refractivity contribution < 1.29 is 4.52 Å². The number of rotatable bonds is 6. The minimum Gasteiger partial charge on any atom is -0.361 e. The van der Waals surface area contributed by atoms with Crippen molar-refractivity contribution in [3.8, 4) is 5.82 Å². The highest BCUT2D eigenvalue weighted by atomic mass is 16.5. The third-order valence-corrected chi connectivity index (χ3v) is 4.61. The molecule has 0 unspecified atom stereocenters. The van der Waals surface area contributed by atoms with E-state index in [0.29, 0.717) is 6.04 Å². The van der Waals surface area contributed by atoms with Crippen LogP contribution in [0.3, 0.4) is 0 Å². The highest BCUT2D eigenvalue weighted by molar-refractivity contribution is 5.30. The Balaban J connectivity index is 1.71. The van der Waals surface area contributed by atoms with Gasteiger partial charge in [-0.2, -0.15) is 5.10 Å². The number of aromatic nitrogens is 4. The lowest BCUT2D eigenvalue weighted by atomic mass is 10.0. The van der Waals surface area contributed by atoms with E-state index in [1.54, 1.807) is 6.20 Å². The summed E-state index contributed by atoms with van der Waals surface area (Å²) in [7, 11) is 0. The van der Waals surface area contributed by atoms with Gasteiger partial charge in [0.05, 0.1) is 11.9 Å². The highest BCUT2D eigenvalue weighted by Gasteiger charge is 2.18. The van der Waals surface area contributed by atoms with E-state index in [-0.39, 0.29) is 6.04 Å². The first-order valence-corrected chi connectivity index (χ1v) is 8.61. The Labute approximate surface area is 148 Å². The summed E-state index contributed by atoms with van der Waals surface area (Å²) in [5, 5.41) is 12.2. The quantitative estimate of drug-likeness (QED) is 0.745. The van der Waals surface area contributed by atoms with Gasteiger partial charge in [0.2, 0.25) is 0 Å². The fourth-order valence-corrected chi connectivity index (χ4v) is 3.23. The van der Waals surface area contributed by atoms with E-state index in [1.807, 2.05) is 42.9 Å². The molecule has 0 radical (unpaired) electrons. The second kappa shape index (κ2) is 7.19. The Bertz CT molecular complexity index is 817. The molecule has 0 aliphatic rings. The average Bonchev–Trinajstić information content (AvgIpc) is 3.13. The summed E-state index contributed by atoms with van der Waals surface area (Å²) in [6.07, 6.45) is 4.59. The molecule has 0 spiro atoms. The molecule has 2 atom stereocenters. The molecule has 6 nitrogen and oxygen atoms in total. The van der Waals surface area contributed by atoms with E-state index < -0.39 is 0 Å². The van der Waals surface area contributed by atoms with Gasteiger partial charge in [0.1, 0.15) is 5.76 Å². The molecule has 1 N–H and O–H groups in total. The van der Waals surface area contributed by atoms with Crippen molar-refractivity contribution in [2.75, 3.05) is 0 Å². The van der Waals surface area contributed by atoms with Gasteiger partial charge in [-0.05, 0) is 53.2 Å². The van der Waals surface area contributed by atoms with Crippen LogP contribution in [0, 0.1) is 20.8 Å². The zero-order valence-corrected chi connectivity index (χ0v) is 15.4. The van der Waals surface area contributed by atoms with Gasteiger partial charge in [-0.25, -0.2) is 9.67 Å². The molecular weight excluding hydrogens is 314 g/mol. The number of nitrogens with zero attached hydrogens (tertiary/aromatic N) is 4. The maximum absolute atomic E-state index is 5.26. The molecule has 3 aromatic heterocycles. The van der Waals surface area contributed by atoms with Gasteiger partial charge in [0.25, 0.3) is 0 Å². The van der Waals surface area contributed by atoms with Crippen molar-refractivity contribution in [3.05, 3.63) is 58.9 Å². The number of aryl methyl sites for hydroxylation is 2. The van der Waals surface area contributed by atoms with Crippen LogP contribution in [0.1, 0.15) is 48.2 Å². The number of nitrogens with one attached hydrogen (secondary N) is 1. The van der Waals surface area contributed by atoms with E-state index in [9.17, 15) is 0 Å². The third kappa shape index (κ3) is 3.64. The monoisotopic (exact) mass is 339 g/mol. The smallest absolute Gasteiger partial charge is 0.153 e. The van der Waals surface area contributed by atoms with Gasteiger partial charge in [-0.1, -0.05) is 11.2 Å². The van der Waals surface area contributed by atoms with Crippen LogP contribution in [0.25, 0.3) is 5.82 Å². The summed E-state index contributed by atoms with van der Waals surface area (Å²) in [4.78, 5) is 4.38. The van der Waals surface area contributed by atoms with Gasteiger partial charge in [0, 0.05) is 35.1 Å². The van der Waals surface area contributed by atoms with Crippen LogP contribution in [0.15, 0.2) is 35.1 Å². The van der Waals surface area contributed by atoms with Crippen LogP contribution >= 0.6 is 0 Å². The van der Waals surface area contributed by atoms with Crippen molar-refractivity contribution in [2.45, 2.75) is 53.1 Å². The molecular formula is C19H25N5O. The summed E-state index contributed by atoms with van der Waals surface area (Å²) in [5.74, 6) is 1.74.